The number of piperidine rings is 1. The minimum absolute atomic E-state index is 0.353. The average Bonchev–Trinajstić information content (AvgIpc) is 3.06. The zero-order valence-electron chi connectivity index (χ0n) is 13.4. The highest BCUT2D eigenvalue weighted by Crippen LogP contribution is 2.25. The number of benzene rings is 1. The fraction of sp³-hybridized carbons (Fsp3) is 0.611. The van der Waals surface area contributed by atoms with Crippen LogP contribution in [0.5, 0.6) is 5.75 Å². The average molecular weight is 302 g/mol. The molecule has 4 heteroatoms. The molecule has 1 unspecified atom stereocenters. The third-order valence-electron chi connectivity index (χ3n) is 4.75. The summed E-state index contributed by atoms with van der Waals surface area (Å²) in [5.41, 5.74) is 1.12. The molecule has 22 heavy (non-hydrogen) atoms. The minimum Gasteiger partial charge on any atom is -0.492 e. The molecular weight excluding hydrogens is 276 g/mol. The number of hydrogen-bond donors (Lipinski definition) is 1. The molecule has 2 fully saturated rings. The second-order valence-corrected chi connectivity index (χ2v) is 6.50. The summed E-state index contributed by atoms with van der Waals surface area (Å²) < 4.78 is 5.85. The van der Waals surface area contributed by atoms with Gasteiger partial charge in [0.05, 0.1) is 6.54 Å². The molecule has 3 rings (SSSR count). The van der Waals surface area contributed by atoms with Gasteiger partial charge in [0, 0.05) is 24.7 Å². The van der Waals surface area contributed by atoms with Gasteiger partial charge in [0.25, 0.3) is 0 Å². The van der Waals surface area contributed by atoms with E-state index in [9.17, 15) is 4.79 Å². The third-order valence-corrected chi connectivity index (χ3v) is 4.75. The van der Waals surface area contributed by atoms with Gasteiger partial charge in [-0.3, -0.25) is 4.79 Å². The molecule has 0 amide bonds. The third kappa shape index (κ3) is 3.80. The van der Waals surface area contributed by atoms with Crippen molar-refractivity contribution in [3.8, 4) is 5.75 Å². The van der Waals surface area contributed by atoms with Crippen LogP contribution in [0.25, 0.3) is 0 Å². The largest absolute Gasteiger partial charge is 0.492 e. The lowest BCUT2D eigenvalue weighted by Gasteiger charge is -2.33. The van der Waals surface area contributed by atoms with Gasteiger partial charge in [0.15, 0.2) is 5.78 Å². The van der Waals surface area contributed by atoms with Gasteiger partial charge in [-0.1, -0.05) is 13.3 Å². The maximum atomic E-state index is 11.9. The first kappa shape index (κ1) is 15.3. The van der Waals surface area contributed by atoms with Crippen LogP contribution >= 0.6 is 0 Å². The van der Waals surface area contributed by atoms with Gasteiger partial charge in [-0.15, -0.1) is 0 Å². The van der Waals surface area contributed by atoms with E-state index in [0.29, 0.717) is 24.3 Å². The molecule has 4 nitrogen and oxygen atoms in total. The Morgan fingerprint density at radius 1 is 1.32 bits per heavy atom. The van der Waals surface area contributed by atoms with Crippen LogP contribution in [-0.4, -0.2) is 38.1 Å². The van der Waals surface area contributed by atoms with E-state index in [1.54, 1.807) is 0 Å². The topological polar surface area (TPSA) is 41.6 Å². The summed E-state index contributed by atoms with van der Waals surface area (Å²) in [6.07, 6.45) is 4.25. The summed E-state index contributed by atoms with van der Waals surface area (Å²) in [6.45, 7) is 5.53. The highest BCUT2D eigenvalue weighted by atomic mass is 16.5. The summed E-state index contributed by atoms with van der Waals surface area (Å²) in [6, 6.07) is 8.67. The van der Waals surface area contributed by atoms with E-state index in [1.807, 2.05) is 12.1 Å². The lowest BCUT2D eigenvalue weighted by Crippen LogP contribution is -2.40. The van der Waals surface area contributed by atoms with Crippen LogP contribution in [0.2, 0.25) is 0 Å². The van der Waals surface area contributed by atoms with Crippen LogP contribution < -0.4 is 15.0 Å². The quantitative estimate of drug-likeness (QED) is 0.908. The molecule has 120 valence electrons. The Balaban J connectivity index is 1.57. The van der Waals surface area contributed by atoms with Gasteiger partial charge in [0.1, 0.15) is 12.4 Å². The molecule has 1 aromatic carbocycles. The van der Waals surface area contributed by atoms with Gasteiger partial charge >= 0.3 is 0 Å². The number of nitrogens with one attached hydrogen (secondary N) is 1. The number of nitrogens with zero attached hydrogens (tertiary/aromatic N) is 1. The predicted molar refractivity (Wildman–Crippen MR) is 88.6 cm³/mol. The Kier molecular flexibility index (Phi) is 4.98. The molecule has 1 aromatic rings. The molecule has 0 bridgehead atoms. The molecule has 0 aromatic heterocycles. The molecule has 0 saturated carbocycles. The van der Waals surface area contributed by atoms with Crippen LogP contribution in [0, 0.1) is 5.92 Å². The number of carbonyl (C=O) groups is 1. The van der Waals surface area contributed by atoms with Crippen molar-refractivity contribution >= 4 is 11.5 Å². The normalized spacial score (nSPS) is 25.5. The zero-order valence-corrected chi connectivity index (χ0v) is 13.4. The molecule has 2 aliphatic rings. The number of ether oxygens (including phenoxy) is 1. The van der Waals surface area contributed by atoms with Gasteiger partial charge < -0.3 is 15.0 Å². The standard InChI is InChI=1S/C18H26N2O2/c1-2-14-10-17(21)12-20(11-14)16-5-7-18(8-6-16)22-13-15-4-3-9-19-15/h5-8,14-15,19H,2-4,9-13H2,1H3/t14?,15-/m1/s1. The van der Waals surface area contributed by atoms with Crippen molar-refractivity contribution in [3.05, 3.63) is 24.3 Å². The number of anilines is 1. The monoisotopic (exact) mass is 302 g/mol. The van der Waals surface area contributed by atoms with Crippen molar-refractivity contribution < 1.29 is 9.53 Å². The Morgan fingerprint density at radius 2 is 2.14 bits per heavy atom. The summed E-state index contributed by atoms with van der Waals surface area (Å²) in [5, 5.41) is 3.44. The van der Waals surface area contributed by atoms with Gasteiger partial charge in [-0.25, -0.2) is 0 Å². The number of rotatable bonds is 5. The lowest BCUT2D eigenvalue weighted by molar-refractivity contribution is -0.119. The van der Waals surface area contributed by atoms with E-state index in [1.165, 1.54) is 12.8 Å². The first-order chi connectivity index (χ1) is 10.7. The number of Topliss-reactive ketones (excluding diaryl/α,β-unsaturated/α-hetero) is 1. The molecule has 1 N–H and O–H groups in total. The Morgan fingerprint density at radius 3 is 2.82 bits per heavy atom. The molecule has 2 aliphatic heterocycles. The maximum absolute atomic E-state index is 11.9. The molecule has 2 saturated heterocycles. The van der Waals surface area contributed by atoms with E-state index in [0.717, 1.165) is 44.0 Å². The second kappa shape index (κ2) is 7.14. The fourth-order valence-corrected chi connectivity index (χ4v) is 3.36. The van der Waals surface area contributed by atoms with Gasteiger partial charge in [-0.2, -0.15) is 0 Å². The van der Waals surface area contributed by atoms with Crippen molar-refractivity contribution in [2.24, 2.45) is 5.92 Å². The summed E-state index contributed by atoms with van der Waals surface area (Å²) in [7, 11) is 0. The lowest BCUT2D eigenvalue weighted by atomic mass is 9.94. The van der Waals surface area contributed by atoms with Crippen LogP contribution in [-0.2, 0) is 4.79 Å². The molecule has 2 heterocycles. The van der Waals surface area contributed by atoms with Gasteiger partial charge in [0.2, 0.25) is 0 Å². The highest BCUT2D eigenvalue weighted by Gasteiger charge is 2.24. The van der Waals surface area contributed by atoms with Gasteiger partial charge in [-0.05, 0) is 49.6 Å². The van der Waals surface area contributed by atoms with Crippen molar-refractivity contribution in [2.75, 3.05) is 31.1 Å². The summed E-state index contributed by atoms with van der Waals surface area (Å²) in [4.78, 5) is 14.1. The first-order valence-corrected chi connectivity index (χ1v) is 8.47. The summed E-state index contributed by atoms with van der Waals surface area (Å²) >= 11 is 0. The first-order valence-electron chi connectivity index (χ1n) is 8.47. The van der Waals surface area contributed by atoms with E-state index in [4.69, 9.17) is 4.74 Å². The van der Waals surface area contributed by atoms with E-state index in [-0.39, 0.29) is 0 Å². The van der Waals surface area contributed by atoms with Crippen molar-refractivity contribution in [3.63, 3.8) is 0 Å². The SMILES string of the molecule is CCC1CC(=O)CN(c2ccc(OC[C@H]3CCCN3)cc2)C1. The highest BCUT2D eigenvalue weighted by molar-refractivity contribution is 5.85. The Labute approximate surface area is 132 Å². The Bertz CT molecular complexity index is 494. The van der Waals surface area contributed by atoms with Crippen LogP contribution in [0.4, 0.5) is 5.69 Å². The number of carbonyl (C=O) groups excluding carboxylic acids is 1. The molecule has 0 aliphatic carbocycles. The predicted octanol–water partition coefficient (Wildman–Crippen LogP) is 2.62. The number of hydrogen-bond acceptors (Lipinski definition) is 4. The Hall–Kier alpha value is -1.55. The summed E-state index contributed by atoms with van der Waals surface area (Å²) in [5.74, 6) is 1.75. The smallest absolute Gasteiger partial charge is 0.152 e. The van der Waals surface area contributed by atoms with Crippen LogP contribution in [0.15, 0.2) is 24.3 Å². The van der Waals surface area contributed by atoms with E-state index >= 15 is 0 Å². The van der Waals surface area contributed by atoms with Crippen molar-refractivity contribution in [2.45, 2.75) is 38.6 Å². The minimum atomic E-state index is 0.353. The van der Waals surface area contributed by atoms with E-state index in [2.05, 4.69) is 29.3 Å². The van der Waals surface area contributed by atoms with Crippen molar-refractivity contribution in [1.29, 1.82) is 0 Å². The van der Waals surface area contributed by atoms with E-state index < -0.39 is 0 Å². The molecule has 2 atom stereocenters. The van der Waals surface area contributed by atoms with Crippen LogP contribution in [0.3, 0.4) is 0 Å². The van der Waals surface area contributed by atoms with Crippen LogP contribution in [0.1, 0.15) is 32.6 Å². The molecule has 0 radical (unpaired) electrons. The van der Waals surface area contributed by atoms with Crippen molar-refractivity contribution in [1.82, 2.24) is 5.32 Å². The maximum Gasteiger partial charge on any atom is 0.152 e. The molecule has 0 spiro atoms. The fourth-order valence-electron chi connectivity index (χ4n) is 3.36. The molecular formula is C18H26N2O2. The second-order valence-electron chi connectivity index (χ2n) is 6.50. The number of ketones is 1. The zero-order chi connectivity index (χ0) is 15.4.